The van der Waals surface area contributed by atoms with Gasteiger partial charge in [0.15, 0.2) is 6.61 Å². The molecule has 0 atom stereocenters. The molecule has 0 unspecified atom stereocenters. The lowest BCUT2D eigenvalue weighted by Crippen LogP contribution is -2.20. The maximum atomic E-state index is 12.3. The van der Waals surface area contributed by atoms with Crippen LogP contribution in [0, 0.1) is 0 Å². The molecule has 2 N–H and O–H groups in total. The third-order valence-corrected chi connectivity index (χ3v) is 4.19. The van der Waals surface area contributed by atoms with Crippen LogP contribution in [0.5, 0.6) is 17.2 Å². The van der Waals surface area contributed by atoms with Crippen LogP contribution in [0.3, 0.4) is 0 Å². The van der Waals surface area contributed by atoms with E-state index in [-0.39, 0.29) is 12.5 Å². The van der Waals surface area contributed by atoms with E-state index in [1.807, 2.05) is 0 Å². The molecule has 0 saturated carbocycles. The molecule has 33 heavy (non-hydrogen) atoms. The molecule has 3 aromatic rings. The molecule has 3 aromatic carbocycles. The number of carbonyl (C=O) groups excluding carboxylic acids is 2. The van der Waals surface area contributed by atoms with Crippen LogP contribution in [0.25, 0.3) is 0 Å². The van der Waals surface area contributed by atoms with Crippen LogP contribution < -0.4 is 24.8 Å². The number of carbonyl (C=O) groups is 2. The summed E-state index contributed by atoms with van der Waals surface area (Å²) < 4.78 is 50.9. The van der Waals surface area contributed by atoms with Crippen molar-refractivity contribution >= 4 is 23.2 Å². The number of methoxy groups -OCH3 is 1. The monoisotopic (exact) mass is 460 g/mol. The van der Waals surface area contributed by atoms with Gasteiger partial charge in [-0.15, -0.1) is 13.2 Å². The molecule has 10 heteroatoms. The second-order valence-corrected chi connectivity index (χ2v) is 6.62. The van der Waals surface area contributed by atoms with Crippen molar-refractivity contribution < 1.29 is 37.0 Å². The fourth-order valence-corrected chi connectivity index (χ4v) is 2.69. The quantitative estimate of drug-likeness (QED) is 0.501. The number of benzene rings is 3. The van der Waals surface area contributed by atoms with E-state index >= 15 is 0 Å². The van der Waals surface area contributed by atoms with Crippen molar-refractivity contribution in [2.75, 3.05) is 24.4 Å². The molecule has 0 heterocycles. The predicted molar refractivity (Wildman–Crippen MR) is 115 cm³/mol. The number of rotatable bonds is 8. The summed E-state index contributed by atoms with van der Waals surface area (Å²) in [7, 11) is 1.53. The van der Waals surface area contributed by atoms with E-state index in [1.54, 1.807) is 24.3 Å². The average Bonchev–Trinajstić information content (AvgIpc) is 2.78. The molecule has 0 aliphatic rings. The minimum Gasteiger partial charge on any atom is -0.497 e. The van der Waals surface area contributed by atoms with Gasteiger partial charge >= 0.3 is 6.36 Å². The first-order valence-corrected chi connectivity index (χ1v) is 9.56. The molecule has 2 amide bonds. The summed E-state index contributed by atoms with van der Waals surface area (Å²) in [5.74, 6) is -0.253. The van der Waals surface area contributed by atoms with E-state index in [0.29, 0.717) is 28.4 Å². The van der Waals surface area contributed by atoms with Gasteiger partial charge in [-0.2, -0.15) is 0 Å². The van der Waals surface area contributed by atoms with Crippen molar-refractivity contribution in [3.05, 3.63) is 78.4 Å². The zero-order chi connectivity index (χ0) is 23.8. The minimum absolute atomic E-state index is 0.241. The highest BCUT2D eigenvalue weighted by Gasteiger charge is 2.30. The Bertz CT molecular complexity index is 1100. The third kappa shape index (κ3) is 7.46. The Hall–Kier alpha value is -4.21. The fraction of sp³-hybridized carbons (Fsp3) is 0.130. The van der Waals surface area contributed by atoms with E-state index in [1.165, 1.54) is 43.5 Å². The van der Waals surface area contributed by atoms with E-state index in [4.69, 9.17) is 9.47 Å². The summed E-state index contributed by atoms with van der Waals surface area (Å²) in [4.78, 5) is 24.4. The minimum atomic E-state index is -4.79. The van der Waals surface area contributed by atoms with Gasteiger partial charge < -0.3 is 24.8 Å². The maximum Gasteiger partial charge on any atom is 0.573 e. The van der Waals surface area contributed by atoms with Crippen LogP contribution >= 0.6 is 0 Å². The molecular formula is C23H19F3N2O5. The number of ether oxygens (including phenoxy) is 3. The number of halogens is 3. The maximum absolute atomic E-state index is 12.3. The smallest absolute Gasteiger partial charge is 0.497 e. The van der Waals surface area contributed by atoms with Gasteiger partial charge in [-0.25, -0.2) is 0 Å². The summed E-state index contributed by atoms with van der Waals surface area (Å²) >= 11 is 0. The van der Waals surface area contributed by atoms with Crippen molar-refractivity contribution in [3.8, 4) is 17.2 Å². The first kappa shape index (κ1) is 23.5. The van der Waals surface area contributed by atoms with Crippen molar-refractivity contribution in [1.29, 1.82) is 0 Å². The van der Waals surface area contributed by atoms with Gasteiger partial charge in [-0.05, 0) is 60.7 Å². The van der Waals surface area contributed by atoms with Crippen LogP contribution in [0.15, 0.2) is 72.8 Å². The normalized spacial score (nSPS) is 10.8. The number of amides is 2. The molecule has 3 rings (SSSR count). The highest BCUT2D eigenvalue weighted by Crippen LogP contribution is 2.24. The molecule has 0 fully saturated rings. The number of alkyl halides is 3. The Balaban J connectivity index is 1.50. The van der Waals surface area contributed by atoms with Crippen molar-refractivity contribution in [2.24, 2.45) is 0 Å². The summed E-state index contributed by atoms with van der Waals surface area (Å²) in [6.45, 7) is -0.241. The number of hydrogen-bond acceptors (Lipinski definition) is 5. The second kappa shape index (κ2) is 10.4. The number of nitrogens with one attached hydrogen (secondary N) is 2. The fourth-order valence-electron chi connectivity index (χ4n) is 2.69. The highest BCUT2D eigenvalue weighted by molar-refractivity contribution is 6.04. The van der Waals surface area contributed by atoms with Gasteiger partial charge in [0.2, 0.25) is 0 Å². The molecule has 172 valence electrons. The lowest BCUT2D eigenvalue weighted by molar-refractivity contribution is -0.274. The van der Waals surface area contributed by atoms with E-state index in [0.717, 1.165) is 12.1 Å². The summed E-state index contributed by atoms with van der Waals surface area (Å²) in [5.41, 5.74) is 1.15. The van der Waals surface area contributed by atoms with Crippen LogP contribution in [-0.4, -0.2) is 31.9 Å². The molecule has 0 aromatic heterocycles. The summed E-state index contributed by atoms with van der Waals surface area (Å²) in [6.07, 6.45) is -4.79. The molecule has 0 spiro atoms. The Kier molecular flexibility index (Phi) is 7.39. The average molecular weight is 460 g/mol. The molecule has 7 nitrogen and oxygen atoms in total. The van der Waals surface area contributed by atoms with E-state index in [2.05, 4.69) is 15.4 Å². The topological polar surface area (TPSA) is 85.9 Å². The van der Waals surface area contributed by atoms with E-state index in [9.17, 15) is 22.8 Å². The number of anilines is 2. The van der Waals surface area contributed by atoms with Gasteiger partial charge in [-0.1, -0.05) is 6.07 Å². The standard InChI is InChI=1S/C23H19F3N2O5/c1-31-20-4-2-3-17(13-20)27-21(29)14-32-18-9-5-15(6-10-18)22(30)28-16-7-11-19(12-8-16)33-23(24,25)26/h2-13H,14H2,1H3,(H,27,29)(H,28,30). The Labute approximate surface area is 187 Å². The summed E-state index contributed by atoms with van der Waals surface area (Å²) in [5, 5.41) is 5.24. The van der Waals surface area contributed by atoms with Gasteiger partial charge in [-0.3, -0.25) is 9.59 Å². The molecule has 0 aliphatic heterocycles. The van der Waals surface area contributed by atoms with Crippen molar-refractivity contribution in [2.45, 2.75) is 6.36 Å². The van der Waals surface area contributed by atoms with Crippen LogP contribution in [0.4, 0.5) is 24.5 Å². The molecular weight excluding hydrogens is 441 g/mol. The van der Waals surface area contributed by atoms with E-state index < -0.39 is 18.0 Å². The molecule has 0 aliphatic carbocycles. The summed E-state index contributed by atoms with van der Waals surface area (Å²) in [6, 6.07) is 17.7. The van der Waals surface area contributed by atoms with Crippen LogP contribution in [0.2, 0.25) is 0 Å². The second-order valence-electron chi connectivity index (χ2n) is 6.62. The third-order valence-electron chi connectivity index (χ3n) is 4.19. The molecule has 0 saturated heterocycles. The first-order valence-electron chi connectivity index (χ1n) is 9.56. The lowest BCUT2D eigenvalue weighted by Gasteiger charge is -2.10. The van der Waals surface area contributed by atoms with Crippen molar-refractivity contribution in [1.82, 2.24) is 0 Å². The van der Waals surface area contributed by atoms with Crippen LogP contribution in [0.1, 0.15) is 10.4 Å². The van der Waals surface area contributed by atoms with Gasteiger partial charge in [0.25, 0.3) is 11.8 Å². The van der Waals surface area contributed by atoms with Crippen LogP contribution in [-0.2, 0) is 4.79 Å². The molecule has 0 bridgehead atoms. The largest absolute Gasteiger partial charge is 0.573 e. The first-order chi connectivity index (χ1) is 15.7. The SMILES string of the molecule is COc1cccc(NC(=O)COc2ccc(C(=O)Nc3ccc(OC(F)(F)F)cc3)cc2)c1. The zero-order valence-electron chi connectivity index (χ0n) is 17.3. The van der Waals surface area contributed by atoms with Gasteiger partial charge in [0.1, 0.15) is 17.2 Å². The Morgan fingerprint density at radius 2 is 1.48 bits per heavy atom. The predicted octanol–water partition coefficient (Wildman–Crippen LogP) is 4.86. The Morgan fingerprint density at radius 1 is 0.818 bits per heavy atom. The van der Waals surface area contributed by atoms with Crippen molar-refractivity contribution in [3.63, 3.8) is 0 Å². The van der Waals surface area contributed by atoms with Gasteiger partial charge in [0, 0.05) is 23.0 Å². The highest BCUT2D eigenvalue weighted by atomic mass is 19.4. The number of hydrogen-bond donors (Lipinski definition) is 2. The molecule has 0 radical (unpaired) electrons. The zero-order valence-corrected chi connectivity index (χ0v) is 17.3. The lowest BCUT2D eigenvalue weighted by atomic mass is 10.2. The van der Waals surface area contributed by atoms with Gasteiger partial charge in [0.05, 0.1) is 7.11 Å². The Morgan fingerprint density at radius 3 is 2.12 bits per heavy atom.